The average Bonchev–Trinajstić information content (AvgIpc) is 2.75. The van der Waals surface area contributed by atoms with Gasteiger partial charge in [0.2, 0.25) is 0 Å². The molecule has 21 heavy (non-hydrogen) atoms. The number of aromatic amines is 1. The zero-order chi connectivity index (χ0) is 15.2. The highest BCUT2D eigenvalue weighted by atomic mass is 32.1. The Morgan fingerprint density at radius 3 is 2.52 bits per heavy atom. The highest BCUT2D eigenvalue weighted by molar-refractivity contribution is 7.71. The number of aryl methyl sites for hydroxylation is 1. The molecule has 1 N–H and O–H groups in total. The first kappa shape index (κ1) is 13.9. The van der Waals surface area contributed by atoms with E-state index in [4.69, 9.17) is 12.2 Å². The van der Waals surface area contributed by atoms with Crippen LogP contribution in [0.3, 0.4) is 0 Å². The summed E-state index contributed by atoms with van der Waals surface area (Å²) < 4.78 is 40.6. The summed E-state index contributed by atoms with van der Waals surface area (Å²) in [6.07, 6.45) is -4.38. The molecule has 2 aromatic carbocycles. The molecular weight excluding hydrogens is 297 g/mol. The van der Waals surface area contributed by atoms with Crippen LogP contribution in [0.5, 0.6) is 0 Å². The number of hydrogen-bond acceptors (Lipinski definition) is 1. The number of aromatic nitrogens is 2. The van der Waals surface area contributed by atoms with Crippen molar-refractivity contribution < 1.29 is 13.2 Å². The molecule has 0 saturated heterocycles. The Labute approximate surface area is 123 Å². The van der Waals surface area contributed by atoms with E-state index in [1.165, 1.54) is 6.07 Å². The number of para-hydroxylation sites is 1. The van der Waals surface area contributed by atoms with Gasteiger partial charge in [0, 0.05) is 5.69 Å². The average molecular weight is 308 g/mol. The largest absolute Gasteiger partial charge is 0.416 e. The van der Waals surface area contributed by atoms with Gasteiger partial charge in [-0.15, -0.1) is 0 Å². The lowest BCUT2D eigenvalue weighted by molar-refractivity contribution is -0.137. The van der Waals surface area contributed by atoms with Crippen LogP contribution in [0.1, 0.15) is 11.1 Å². The van der Waals surface area contributed by atoms with Crippen LogP contribution in [0, 0.1) is 11.7 Å². The van der Waals surface area contributed by atoms with Gasteiger partial charge in [0.05, 0.1) is 16.6 Å². The third-order valence-corrected chi connectivity index (χ3v) is 3.62. The third kappa shape index (κ3) is 2.35. The van der Waals surface area contributed by atoms with E-state index in [2.05, 4.69) is 4.98 Å². The minimum absolute atomic E-state index is 0.374. The fourth-order valence-electron chi connectivity index (χ4n) is 2.40. The van der Waals surface area contributed by atoms with Gasteiger partial charge < -0.3 is 4.98 Å². The Morgan fingerprint density at radius 1 is 1.10 bits per heavy atom. The van der Waals surface area contributed by atoms with E-state index in [0.29, 0.717) is 10.5 Å². The first-order chi connectivity index (χ1) is 9.88. The summed E-state index contributed by atoms with van der Waals surface area (Å²) in [4.78, 5) is 3.02. The number of alkyl halides is 3. The number of nitrogens with one attached hydrogen (secondary N) is 1. The summed E-state index contributed by atoms with van der Waals surface area (Å²) in [6, 6.07) is 10.8. The molecule has 0 aliphatic carbocycles. The van der Waals surface area contributed by atoms with E-state index in [0.717, 1.165) is 28.7 Å². The molecule has 0 aliphatic rings. The molecule has 0 amide bonds. The Kier molecular flexibility index (Phi) is 3.13. The van der Waals surface area contributed by atoms with Crippen LogP contribution < -0.4 is 0 Å². The fraction of sp³-hybridized carbons (Fsp3) is 0.133. The summed E-state index contributed by atoms with van der Waals surface area (Å²) in [5, 5.41) is 0. The standard InChI is InChI=1S/C15H11F3N2S/c1-9-4-2-7-12-13(9)20(14(21)19-12)11-6-3-5-10(8-11)15(16,17)18/h2-8H,1H3,(H,19,21). The van der Waals surface area contributed by atoms with Gasteiger partial charge in [-0.2, -0.15) is 13.2 Å². The van der Waals surface area contributed by atoms with Crippen molar-refractivity contribution >= 4 is 23.3 Å². The van der Waals surface area contributed by atoms with Crippen molar-refractivity contribution in [2.45, 2.75) is 13.1 Å². The van der Waals surface area contributed by atoms with Crippen molar-refractivity contribution in [2.75, 3.05) is 0 Å². The number of fused-ring (bicyclic) bond motifs is 1. The first-order valence-corrected chi connectivity index (χ1v) is 6.67. The van der Waals surface area contributed by atoms with Crippen LogP contribution in [0.15, 0.2) is 42.5 Å². The van der Waals surface area contributed by atoms with Crippen LogP contribution in [-0.4, -0.2) is 9.55 Å². The number of halogens is 3. The highest BCUT2D eigenvalue weighted by Crippen LogP contribution is 2.31. The van der Waals surface area contributed by atoms with E-state index >= 15 is 0 Å². The fourth-order valence-corrected chi connectivity index (χ4v) is 2.70. The Morgan fingerprint density at radius 2 is 1.81 bits per heavy atom. The molecule has 6 heteroatoms. The van der Waals surface area contributed by atoms with Gasteiger partial charge >= 0.3 is 6.18 Å². The summed E-state index contributed by atoms with van der Waals surface area (Å²) in [5.41, 5.74) is 2.25. The number of hydrogen-bond donors (Lipinski definition) is 1. The van der Waals surface area contributed by atoms with Crippen molar-refractivity contribution in [2.24, 2.45) is 0 Å². The smallest absolute Gasteiger partial charge is 0.330 e. The molecule has 0 saturated carbocycles. The number of rotatable bonds is 1. The predicted molar refractivity (Wildman–Crippen MR) is 78.2 cm³/mol. The highest BCUT2D eigenvalue weighted by Gasteiger charge is 2.30. The van der Waals surface area contributed by atoms with Crippen LogP contribution in [0.25, 0.3) is 16.7 Å². The summed E-state index contributed by atoms with van der Waals surface area (Å²) in [6.45, 7) is 1.90. The van der Waals surface area contributed by atoms with Gasteiger partial charge in [-0.3, -0.25) is 4.57 Å². The quantitative estimate of drug-likeness (QED) is 0.626. The first-order valence-electron chi connectivity index (χ1n) is 6.26. The molecule has 108 valence electrons. The SMILES string of the molecule is Cc1cccc2[nH]c(=S)n(-c3cccc(C(F)(F)F)c3)c12. The predicted octanol–water partition coefficient (Wildman–Crippen LogP) is 5.02. The Balaban J connectivity index is 2.31. The second-order valence-electron chi connectivity index (χ2n) is 4.78. The van der Waals surface area contributed by atoms with Crippen molar-refractivity contribution in [1.29, 1.82) is 0 Å². The lowest BCUT2D eigenvalue weighted by Gasteiger charge is -2.11. The lowest BCUT2D eigenvalue weighted by atomic mass is 10.1. The van der Waals surface area contributed by atoms with Gasteiger partial charge in [0.25, 0.3) is 0 Å². The molecule has 3 aromatic rings. The Bertz CT molecular complexity index is 874. The molecule has 3 rings (SSSR count). The van der Waals surface area contributed by atoms with Crippen LogP contribution in [0.4, 0.5) is 13.2 Å². The van der Waals surface area contributed by atoms with Crippen LogP contribution in [-0.2, 0) is 6.18 Å². The zero-order valence-corrected chi connectivity index (χ0v) is 11.8. The zero-order valence-electron chi connectivity index (χ0n) is 11.0. The molecule has 1 aromatic heterocycles. The van der Waals surface area contributed by atoms with E-state index in [-0.39, 0.29) is 0 Å². The molecule has 0 aliphatic heterocycles. The molecular formula is C15H11F3N2S. The minimum Gasteiger partial charge on any atom is -0.330 e. The van der Waals surface area contributed by atoms with Gasteiger partial charge in [0.15, 0.2) is 4.77 Å². The van der Waals surface area contributed by atoms with E-state index in [9.17, 15) is 13.2 Å². The van der Waals surface area contributed by atoms with E-state index in [1.54, 1.807) is 10.6 Å². The van der Waals surface area contributed by atoms with Crippen LogP contribution >= 0.6 is 12.2 Å². The topological polar surface area (TPSA) is 20.7 Å². The number of H-pyrrole nitrogens is 1. The number of imidazole rings is 1. The molecule has 2 nitrogen and oxygen atoms in total. The third-order valence-electron chi connectivity index (χ3n) is 3.34. The Hall–Kier alpha value is -2.08. The number of nitrogens with zero attached hydrogens (tertiary/aromatic N) is 1. The lowest BCUT2D eigenvalue weighted by Crippen LogP contribution is -2.06. The van der Waals surface area contributed by atoms with Gasteiger partial charge in [-0.25, -0.2) is 0 Å². The molecule has 0 radical (unpaired) electrons. The van der Waals surface area contributed by atoms with Gasteiger partial charge in [-0.05, 0) is 49.0 Å². The maximum atomic E-state index is 12.9. The van der Waals surface area contributed by atoms with Crippen molar-refractivity contribution in [3.63, 3.8) is 0 Å². The molecule has 0 unspecified atom stereocenters. The van der Waals surface area contributed by atoms with E-state index < -0.39 is 11.7 Å². The van der Waals surface area contributed by atoms with Gasteiger partial charge in [0.1, 0.15) is 0 Å². The molecule has 1 heterocycles. The molecule has 0 fully saturated rings. The summed E-state index contributed by atoms with van der Waals surface area (Å²) in [7, 11) is 0. The summed E-state index contributed by atoms with van der Waals surface area (Å²) in [5.74, 6) is 0. The monoisotopic (exact) mass is 308 g/mol. The van der Waals surface area contributed by atoms with Crippen LogP contribution in [0.2, 0.25) is 0 Å². The molecule has 0 atom stereocenters. The second kappa shape index (κ2) is 4.73. The maximum absolute atomic E-state index is 12.9. The minimum atomic E-state index is -4.38. The van der Waals surface area contributed by atoms with Crippen molar-refractivity contribution in [3.05, 3.63) is 58.4 Å². The van der Waals surface area contributed by atoms with E-state index in [1.807, 2.05) is 25.1 Å². The maximum Gasteiger partial charge on any atom is 0.416 e. The molecule has 0 spiro atoms. The number of benzene rings is 2. The molecule has 0 bridgehead atoms. The van der Waals surface area contributed by atoms with Crippen molar-refractivity contribution in [1.82, 2.24) is 9.55 Å². The normalized spacial score (nSPS) is 12.0. The second-order valence-corrected chi connectivity index (χ2v) is 5.17. The van der Waals surface area contributed by atoms with Gasteiger partial charge in [-0.1, -0.05) is 18.2 Å². The van der Waals surface area contributed by atoms with Crippen molar-refractivity contribution in [3.8, 4) is 5.69 Å². The summed E-state index contributed by atoms with van der Waals surface area (Å²) >= 11 is 5.26.